The SMILES string of the molecule is COc1cc(NCc2ccc(C#N)c(OC)c2)ccc1Cl. The summed E-state index contributed by atoms with van der Waals surface area (Å²) in [6, 6.07) is 13.1. The molecule has 0 heterocycles. The minimum atomic E-state index is 0.523. The highest BCUT2D eigenvalue weighted by molar-refractivity contribution is 6.32. The van der Waals surface area contributed by atoms with Gasteiger partial charge in [0.05, 0.1) is 24.8 Å². The summed E-state index contributed by atoms with van der Waals surface area (Å²) >= 11 is 5.99. The normalized spacial score (nSPS) is 9.81. The number of nitrogens with zero attached hydrogens (tertiary/aromatic N) is 1. The standard InChI is InChI=1S/C16H15ClN2O2/c1-20-15-7-11(3-4-12(15)9-18)10-19-13-5-6-14(17)16(8-13)21-2/h3-8,19H,10H2,1-2H3. The highest BCUT2D eigenvalue weighted by Crippen LogP contribution is 2.28. The van der Waals surface area contributed by atoms with Gasteiger partial charge in [-0.25, -0.2) is 0 Å². The second-order valence-corrected chi connectivity index (χ2v) is 4.76. The van der Waals surface area contributed by atoms with Gasteiger partial charge in [0, 0.05) is 18.3 Å². The first-order chi connectivity index (χ1) is 10.2. The molecule has 0 saturated carbocycles. The summed E-state index contributed by atoms with van der Waals surface area (Å²) in [4.78, 5) is 0. The van der Waals surface area contributed by atoms with E-state index in [9.17, 15) is 0 Å². The number of anilines is 1. The molecule has 0 aromatic heterocycles. The molecular formula is C16H15ClN2O2. The van der Waals surface area contributed by atoms with Crippen LogP contribution in [0.15, 0.2) is 36.4 Å². The Labute approximate surface area is 128 Å². The van der Waals surface area contributed by atoms with E-state index >= 15 is 0 Å². The maximum atomic E-state index is 8.96. The Morgan fingerprint density at radius 2 is 1.86 bits per heavy atom. The maximum absolute atomic E-state index is 8.96. The number of hydrogen-bond donors (Lipinski definition) is 1. The molecule has 2 aromatic carbocycles. The lowest BCUT2D eigenvalue weighted by Crippen LogP contribution is -2.01. The molecule has 0 aliphatic carbocycles. The molecular weight excluding hydrogens is 288 g/mol. The third-order valence-electron chi connectivity index (χ3n) is 3.03. The van der Waals surface area contributed by atoms with Crippen molar-refractivity contribution in [1.29, 1.82) is 5.26 Å². The predicted octanol–water partition coefficient (Wildman–Crippen LogP) is 3.84. The van der Waals surface area contributed by atoms with Crippen LogP contribution in [0.3, 0.4) is 0 Å². The second-order valence-electron chi connectivity index (χ2n) is 4.35. The van der Waals surface area contributed by atoms with Crippen LogP contribution in [0.1, 0.15) is 11.1 Å². The van der Waals surface area contributed by atoms with Crippen LogP contribution in [-0.4, -0.2) is 14.2 Å². The van der Waals surface area contributed by atoms with E-state index in [0.29, 0.717) is 28.6 Å². The Kier molecular flexibility index (Phi) is 4.91. The number of ether oxygens (including phenoxy) is 2. The van der Waals surface area contributed by atoms with Gasteiger partial charge in [0.2, 0.25) is 0 Å². The third-order valence-corrected chi connectivity index (χ3v) is 3.35. The van der Waals surface area contributed by atoms with E-state index in [1.54, 1.807) is 26.4 Å². The van der Waals surface area contributed by atoms with Gasteiger partial charge in [-0.3, -0.25) is 0 Å². The van der Waals surface area contributed by atoms with Gasteiger partial charge < -0.3 is 14.8 Å². The molecule has 0 aliphatic heterocycles. The van der Waals surface area contributed by atoms with Crippen molar-refractivity contribution < 1.29 is 9.47 Å². The van der Waals surface area contributed by atoms with Gasteiger partial charge in [-0.15, -0.1) is 0 Å². The van der Waals surface area contributed by atoms with Crippen molar-refractivity contribution >= 4 is 17.3 Å². The molecule has 0 atom stereocenters. The molecule has 0 unspecified atom stereocenters. The molecule has 0 radical (unpaired) electrons. The minimum Gasteiger partial charge on any atom is -0.495 e. The molecule has 0 saturated heterocycles. The molecule has 0 bridgehead atoms. The van der Waals surface area contributed by atoms with Crippen molar-refractivity contribution in [1.82, 2.24) is 0 Å². The van der Waals surface area contributed by atoms with Crippen molar-refractivity contribution in [2.45, 2.75) is 6.54 Å². The molecule has 2 rings (SSSR count). The Morgan fingerprint density at radius 1 is 1.10 bits per heavy atom. The van der Waals surface area contributed by atoms with E-state index in [2.05, 4.69) is 11.4 Å². The van der Waals surface area contributed by atoms with E-state index in [0.717, 1.165) is 11.3 Å². The Hall–Kier alpha value is -2.38. The van der Waals surface area contributed by atoms with Crippen LogP contribution >= 0.6 is 11.6 Å². The lowest BCUT2D eigenvalue weighted by Gasteiger charge is -2.10. The zero-order chi connectivity index (χ0) is 15.2. The monoisotopic (exact) mass is 302 g/mol. The van der Waals surface area contributed by atoms with Crippen molar-refractivity contribution in [2.75, 3.05) is 19.5 Å². The molecule has 2 aromatic rings. The van der Waals surface area contributed by atoms with Crippen LogP contribution in [0.5, 0.6) is 11.5 Å². The average Bonchev–Trinajstić information content (AvgIpc) is 2.53. The molecule has 5 heteroatoms. The Balaban J connectivity index is 2.11. The quantitative estimate of drug-likeness (QED) is 0.911. The van der Waals surface area contributed by atoms with Gasteiger partial charge in [-0.1, -0.05) is 17.7 Å². The summed E-state index contributed by atoms with van der Waals surface area (Å²) in [6.07, 6.45) is 0. The van der Waals surface area contributed by atoms with Crippen molar-refractivity contribution in [3.8, 4) is 17.6 Å². The van der Waals surface area contributed by atoms with Crippen LogP contribution in [0.4, 0.5) is 5.69 Å². The number of nitrogens with one attached hydrogen (secondary N) is 1. The molecule has 21 heavy (non-hydrogen) atoms. The molecule has 0 spiro atoms. The van der Waals surface area contributed by atoms with E-state index in [1.165, 1.54) is 0 Å². The third kappa shape index (κ3) is 3.59. The fourth-order valence-corrected chi connectivity index (χ4v) is 2.11. The number of nitriles is 1. The van der Waals surface area contributed by atoms with Crippen LogP contribution in [0.2, 0.25) is 5.02 Å². The second kappa shape index (κ2) is 6.87. The molecule has 108 valence electrons. The minimum absolute atomic E-state index is 0.523. The number of hydrogen-bond acceptors (Lipinski definition) is 4. The van der Waals surface area contributed by atoms with Crippen LogP contribution < -0.4 is 14.8 Å². The van der Waals surface area contributed by atoms with Gasteiger partial charge in [0.15, 0.2) is 0 Å². The van der Waals surface area contributed by atoms with Crippen molar-refractivity contribution in [3.05, 3.63) is 52.5 Å². The molecule has 0 amide bonds. The Bertz CT molecular complexity index is 680. The number of rotatable bonds is 5. The Morgan fingerprint density at radius 3 is 2.52 bits per heavy atom. The summed E-state index contributed by atoms with van der Waals surface area (Å²) in [5.74, 6) is 1.20. The highest BCUT2D eigenvalue weighted by Gasteiger charge is 2.05. The molecule has 0 aliphatic rings. The first-order valence-electron chi connectivity index (χ1n) is 6.32. The van der Waals surface area contributed by atoms with Gasteiger partial charge in [-0.05, 0) is 29.8 Å². The van der Waals surface area contributed by atoms with Crippen molar-refractivity contribution in [3.63, 3.8) is 0 Å². The summed E-state index contributed by atoms with van der Waals surface area (Å²) in [5, 5.41) is 12.8. The van der Waals surface area contributed by atoms with E-state index < -0.39 is 0 Å². The molecule has 1 N–H and O–H groups in total. The van der Waals surface area contributed by atoms with E-state index in [4.69, 9.17) is 26.3 Å². The van der Waals surface area contributed by atoms with Gasteiger partial charge in [-0.2, -0.15) is 5.26 Å². The fourth-order valence-electron chi connectivity index (χ4n) is 1.91. The summed E-state index contributed by atoms with van der Waals surface area (Å²) in [7, 11) is 3.13. The van der Waals surface area contributed by atoms with E-state index in [-0.39, 0.29) is 0 Å². The van der Waals surface area contributed by atoms with Crippen molar-refractivity contribution in [2.24, 2.45) is 0 Å². The number of methoxy groups -OCH3 is 2. The van der Waals surface area contributed by atoms with Gasteiger partial charge in [0.25, 0.3) is 0 Å². The summed E-state index contributed by atoms with van der Waals surface area (Å²) in [5.41, 5.74) is 2.44. The van der Waals surface area contributed by atoms with Crippen LogP contribution in [0, 0.1) is 11.3 Å². The lowest BCUT2D eigenvalue weighted by atomic mass is 10.1. The number of halogens is 1. The van der Waals surface area contributed by atoms with Gasteiger partial charge >= 0.3 is 0 Å². The maximum Gasteiger partial charge on any atom is 0.139 e. The average molecular weight is 303 g/mol. The lowest BCUT2D eigenvalue weighted by molar-refractivity contribution is 0.413. The zero-order valence-corrected chi connectivity index (χ0v) is 12.6. The molecule has 0 fully saturated rings. The van der Waals surface area contributed by atoms with Gasteiger partial charge in [0.1, 0.15) is 17.6 Å². The zero-order valence-electron chi connectivity index (χ0n) is 11.8. The largest absolute Gasteiger partial charge is 0.495 e. The number of benzene rings is 2. The van der Waals surface area contributed by atoms with E-state index in [1.807, 2.05) is 24.3 Å². The predicted molar refractivity (Wildman–Crippen MR) is 83.0 cm³/mol. The van der Waals surface area contributed by atoms with Crippen LogP contribution in [-0.2, 0) is 6.54 Å². The fraction of sp³-hybridized carbons (Fsp3) is 0.188. The first-order valence-corrected chi connectivity index (χ1v) is 6.70. The highest BCUT2D eigenvalue weighted by atomic mass is 35.5. The van der Waals surface area contributed by atoms with Crippen LogP contribution in [0.25, 0.3) is 0 Å². The summed E-state index contributed by atoms with van der Waals surface area (Å²) in [6.45, 7) is 0.604. The molecule has 4 nitrogen and oxygen atoms in total. The summed E-state index contributed by atoms with van der Waals surface area (Å²) < 4.78 is 10.4. The topological polar surface area (TPSA) is 54.3 Å². The first kappa shape index (κ1) is 15.0. The smallest absolute Gasteiger partial charge is 0.139 e.